The highest BCUT2D eigenvalue weighted by Gasteiger charge is 2.01. The van der Waals surface area contributed by atoms with Crippen LogP contribution in [0.25, 0.3) is 0 Å². The van der Waals surface area contributed by atoms with E-state index in [0.29, 0.717) is 19.0 Å². The van der Waals surface area contributed by atoms with E-state index in [-0.39, 0.29) is 12.4 Å². The van der Waals surface area contributed by atoms with Crippen LogP contribution in [0.3, 0.4) is 0 Å². The molecule has 0 saturated heterocycles. The van der Waals surface area contributed by atoms with Crippen molar-refractivity contribution in [1.82, 2.24) is 4.98 Å². The third kappa shape index (κ3) is 6.85. The second kappa shape index (κ2) is 6.51. The summed E-state index contributed by atoms with van der Waals surface area (Å²) in [6.07, 6.45) is 1.16. The van der Waals surface area contributed by atoms with E-state index in [1.54, 1.807) is 12.1 Å². The molecule has 7 heteroatoms. The Morgan fingerprint density at radius 2 is 2.18 bits per heavy atom. The Morgan fingerprint density at radius 3 is 2.82 bits per heavy atom. The topological polar surface area (TPSA) is 68.3 Å². The van der Waals surface area contributed by atoms with Crippen LogP contribution in [0.4, 0.5) is 10.2 Å². The molecule has 0 unspecified atom stereocenters. The number of anilines is 1. The van der Waals surface area contributed by atoms with Crippen LogP contribution in [0, 0.1) is 5.95 Å². The molecular weight excluding hydrogens is 247 g/mol. The fourth-order valence-electron chi connectivity index (χ4n) is 1.07. The lowest BCUT2D eigenvalue weighted by molar-refractivity contribution is 0.159. The first-order valence-electron chi connectivity index (χ1n) is 5.09. The smallest absolute Gasteiger partial charge is 0.214 e. The highest BCUT2D eigenvalue weighted by Crippen LogP contribution is 2.02. The highest BCUT2D eigenvalue weighted by atomic mass is 32.2. The van der Waals surface area contributed by atoms with E-state index in [0.717, 1.165) is 6.26 Å². The summed E-state index contributed by atoms with van der Waals surface area (Å²) in [5, 5.41) is 2.86. The van der Waals surface area contributed by atoms with Crippen molar-refractivity contribution in [3.8, 4) is 0 Å². The monoisotopic (exact) mass is 262 g/mol. The van der Waals surface area contributed by atoms with Crippen LogP contribution in [0.15, 0.2) is 18.2 Å². The Hall–Kier alpha value is -1.21. The minimum Gasteiger partial charge on any atom is -0.379 e. The van der Waals surface area contributed by atoms with Gasteiger partial charge in [0.25, 0.3) is 0 Å². The standard InChI is InChI=1S/C10H15FN2O3S/c1-17(14,15)8-7-16-6-5-12-10-4-2-3-9(11)13-10/h2-4H,5-8H2,1H3,(H,12,13). The number of sulfone groups is 1. The highest BCUT2D eigenvalue weighted by molar-refractivity contribution is 7.90. The van der Waals surface area contributed by atoms with Gasteiger partial charge >= 0.3 is 0 Å². The van der Waals surface area contributed by atoms with Crippen molar-refractivity contribution >= 4 is 15.7 Å². The Bertz CT molecular complexity index is 451. The predicted octanol–water partition coefficient (Wildman–Crippen LogP) is 0.694. The first-order valence-corrected chi connectivity index (χ1v) is 7.15. The van der Waals surface area contributed by atoms with Crippen LogP contribution in [0.2, 0.25) is 0 Å². The molecule has 0 bridgehead atoms. The Kier molecular flexibility index (Phi) is 5.30. The predicted molar refractivity (Wildman–Crippen MR) is 63.2 cm³/mol. The molecule has 0 amide bonds. The summed E-state index contributed by atoms with van der Waals surface area (Å²) in [7, 11) is -2.98. The quantitative estimate of drug-likeness (QED) is 0.578. The fraction of sp³-hybridized carbons (Fsp3) is 0.500. The number of pyridine rings is 1. The third-order valence-corrected chi connectivity index (χ3v) is 2.77. The number of ether oxygens (including phenoxy) is 1. The van der Waals surface area contributed by atoms with E-state index in [2.05, 4.69) is 10.3 Å². The maximum Gasteiger partial charge on any atom is 0.214 e. The second-order valence-electron chi connectivity index (χ2n) is 3.51. The molecule has 0 atom stereocenters. The molecular formula is C10H15FN2O3S. The van der Waals surface area contributed by atoms with Crippen molar-refractivity contribution in [2.24, 2.45) is 0 Å². The lowest BCUT2D eigenvalue weighted by Gasteiger charge is -2.06. The van der Waals surface area contributed by atoms with Gasteiger partial charge < -0.3 is 10.1 Å². The van der Waals surface area contributed by atoms with E-state index >= 15 is 0 Å². The van der Waals surface area contributed by atoms with Gasteiger partial charge in [-0.3, -0.25) is 0 Å². The van der Waals surface area contributed by atoms with E-state index in [4.69, 9.17) is 4.74 Å². The zero-order valence-corrected chi connectivity index (χ0v) is 10.3. The lowest BCUT2D eigenvalue weighted by atomic mass is 10.4. The molecule has 5 nitrogen and oxygen atoms in total. The first kappa shape index (κ1) is 13.9. The molecule has 17 heavy (non-hydrogen) atoms. The van der Waals surface area contributed by atoms with Crippen LogP contribution in [-0.2, 0) is 14.6 Å². The van der Waals surface area contributed by atoms with Gasteiger partial charge in [-0.15, -0.1) is 0 Å². The van der Waals surface area contributed by atoms with Gasteiger partial charge in [0, 0.05) is 12.8 Å². The Balaban J connectivity index is 2.13. The first-order chi connectivity index (χ1) is 7.97. The van der Waals surface area contributed by atoms with Gasteiger partial charge in [0.15, 0.2) is 0 Å². The Morgan fingerprint density at radius 1 is 1.41 bits per heavy atom. The number of rotatable bonds is 7. The van der Waals surface area contributed by atoms with Gasteiger partial charge in [0.2, 0.25) is 5.95 Å². The zero-order chi connectivity index (χ0) is 12.7. The van der Waals surface area contributed by atoms with E-state index in [9.17, 15) is 12.8 Å². The summed E-state index contributed by atoms with van der Waals surface area (Å²) in [6.45, 7) is 0.949. The van der Waals surface area contributed by atoms with Crippen molar-refractivity contribution in [2.45, 2.75) is 0 Å². The van der Waals surface area contributed by atoms with Gasteiger partial charge in [0.05, 0.1) is 19.0 Å². The van der Waals surface area contributed by atoms with Crippen LogP contribution in [0.5, 0.6) is 0 Å². The van der Waals surface area contributed by atoms with Crippen LogP contribution in [-0.4, -0.2) is 45.2 Å². The van der Waals surface area contributed by atoms with Gasteiger partial charge in [-0.1, -0.05) is 6.07 Å². The Labute approximate surface area is 99.9 Å². The number of halogens is 1. The number of hydrogen-bond acceptors (Lipinski definition) is 5. The van der Waals surface area contributed by atoms with Gasteiger partial charge in [0.1, 0.15) is 15.7 Å². The molecule has 0 aromatic carbocycles. The minimum absolute atomic E-state index is 0.00517. The molecule has 1 aromatic rings. The molecule has 1 rings (SSSR count). The second-order valence-corrected chi connectivity index (χ2v) is 5.77. The van der Waals surface area contributed by atoms with E-state index in [1.807, 2.05) is 0 Å². The molecule has 0 aliphatic carbocycles. The molecule has 0 aliphatic heterocycles. The molecule has 96 valence electrons. The summed E-state index contributed by atoms with van der Waals surface area (Å²) in [4.78, 5) is 3.60. The summed E-state index contributed by atoms with van der Waals surface area (Å²) < 4.78 is 39.3. The average Bonchev–Trinajstić information content (AvgIpc) is 2.22. The number of hydrogen-bond donors (Lipinski definition) is 1. The van der Waals surface area contributed by atoms with Gasteiger partial charge in [-0.05, 0) is 12.1 Å². The summed E-state index contributed by atoms with van der Waals surface area (Å²) in [6, 6.07) is 4.45. The van der Waals surface area contributed by atoms with Crippen LogP contribution >= 0.6 is 0 Å². The molecule has 0 spiro atoms. The summed E-state index contributed by atoms with van der Waals surface area (Å²) in [5.41, 5.74) is 0. The fourth-order valence-corrected chi connectivity index (χ4v) is 1.49. The summed E-state index contributed by atoms with van der Waals surface area (Å²) in [5.74, 6) is -0.115. The van der Waals surface area contributed by atoms with E-state index < -0.39 is 15.8 Å². The van der Waals surface area contributed by atoms with Crippen molar-refractivity contribution < 1.29 is 17.5 Å². The summed E-state index contributed by atoms with van der Waals surface area (Å²) >= 11 is 0. The van der Waals surface area contributed by atoms with Crippen LogP contribution in [0.1, 0.15) is 0 Å². The van der Waals surface area contributed by atoms with Crippen molar-refractivity contribution in [1.29, 1.82) is 0 Å². The maximum absolute atomic E-state index is 12.7. The molecule has 1 aromatic heterocycles. The zero-order valence-electron chi connectivity index (χ0n) is 9.52. The van der Waals surface area contributed by atoms with Crippen molar-refractivity contribution in [3.63, 3.8) is 0 Å². The third-order valence-electron chi connectivity index (χ3n) is 1.87. The lowest BCUT2D eigenvalue weighted by Crippen LogP contribution is -2.15. The average molecular weight is 262 g/mol. The molecule has 0 fully saturated rings. The van der Waals surface area contributed by atoms with Crippen molar-refractivity contribution in [2.75, 3.05) is 37.1 Å². The minimum atomic E-state index is -2.98. The van der Waals surface area contributed by atoms with E-state index in [1.165, 1.54) is 6.07 Å². The number of nitrogens with zero attached hydrogens (tertiary/aromatic N) is 1. The van der Waals surface area contributed by atoms with Crippen molar-refractivity contribution in [3.05, 3.63) is 24.1 Å². The van der Waals surface area contributed by atoms with Gasteiger partial charge in [-0.2, -0.15) is 4.39 Å². The van der Waals surface area contributed by atoms with Crippen LogP contribution < -0.4 is 5.32 Å². The molecule has 1 N–H and O–H groups in total. The molecule has 0 radical (unpaired) electrons. The van der Waals surface area contributed by atoms with Gasteiger partial charge in [-0.25, -0.2) is 13.4 Å². The number of nitrogens with one attached hydrogen (secondary N) is 1. The largest absolute Gasteiger partial charge is 0.379 e. The normalized spacial score (nSPS) is 11.4. The molecule has 1 heterocycles. The molecule has 0 saturated carbocycles. The SMILES string of the molecule is CS(=O)(=O)CCOCCNc1cccc(F)n1. The number of aromatic nitrogens is 1. The molecule has 0 aliphatic rings. The maximum atomic E-state index is 12.7.